The number of benzene rings is 2. The molecule has 4 aliphatic rings. The molecule has 33 heavy (non-hydrogen) atoms. The molecule has 6 rings (SSSR count). The molecule has 4 saturated carbocycles. The molecule has 4 aliphatic carbocycles. The van der Waals surface area contributed by atoms with Gasteiger partial charge in [-0.3, -0.25) is 4.79 Å². The van der Waals surface area contributed by atoms with E-state index >= 15 is 0 Å². The minimum absolute atomic E-state index is 0.140. The molecule has 176 valence electrons. The van der Waals surface area contributed by atoms with E-state index in [1.165, 1.54) is 49.0 Å². The van der Waals surface area contributed by atoms with Gasteiger partial charge >= 0.3 is 5.97 Å². The summed E-state index contributed by atoms with van der Waals surface area (Å²) in [6.45, 7) is 2.62. The third-order valence-corrected chi connectivity index (χ3v) is 9.00. The average Bonchev–Trinajstić information content (AvgIpc) is 2.78. The van der Waals surface area contributed by atoms with Crippen LogP contribution in [0.1, 0.15) is 69.4 Å². The first kappa shape index (κ1) is 22.8. The Bertz CT molecular complexity index is 963. The van der Waals surface area contributed by atoms with Crippen molar-refractivity contribution in [1.29, 1.82) is 0 Å². The maximum Gasteiger partial charge on any atom is 0.310 e. The van der Waals surface area contributed by atoms with Crippen molar-refractivity contribution < 1.29 is 14.3 Å². The van der Waals surface area contributed by atoms with E-state index in [2.05, 4.69) is 37.3 Å². The van der Waals surface area contributed by atoms with Crippen LogP contribution in [0, 0.1) is 17.8 Å². The Kier molecular flexibility index (Phi) is 6.74. The van der Waals surface area contributed by atoms with Crippen molar-refractivity contribution >= 4 is 17.7 Å². The van der Waals surface area contributed by atoms with Gasteiger partial charge in [-0.1, -0.05) is 37.2 Å². The Morgan fingerprint density at radius 3 is 2.36 bits per heavy atom. The van der Waals surface area contributed by atoms with Crippen LogP contribution >= 0.6 is 11.8 Å². The highest BCUT2D eigenvalue weighted by molar-refractivity contribution is 7.99. The van der Waals surface area contributed by atoms with Crippen LogP contribution in [0.4, 0.5) is 0 Å². The Hall–Kier alpha value is -1.94. The molecule has 0 aliphatic heterocycles. The van der Waals surface area contributed by atoms with Crippen molar-refractivity contribution in [3.8, 4) is 5.75 Å². The maximum absolute atomic E-state index is 12.1. The molecule has 0 atom stereocenters. The summed E-state index contributed by atoms with van der Waals surface area (Å²) in [7, 11) is 1.81. The van der Waals surface area contributed by atoms with Gasteiger partial charge in [-0.25, -0.2) is 0 Å². The number of methoxy groups -OCH3 is 1. The van der Waals surface area contributed by atoms with Crippen molar-refractivity contribution in [3.05, 3.63) is 53.6 Å². The van der Waals surface area contributed by atoms with E-state index in [0.717, 1.165) is 46.8 Å². The molecule has 0 amide bonds. The Morgan fingerprint density at radius 1 is 1.00 bits per heavy atom. The molecule has 0 N–H and O–H groups in total. The second-order valence-corrected chi connectivity index (χ2v) is 11.7. The van der Waals surface area contributed by atoms with Gasteiger partial charge in [-0.15, -0.1) is 0 Å². The topological polar surface area (TPSA) is 35.5 Å². The molecule has 0 saturated heterocycles. The molecule has 2 aromatic carbocycles. The first-order valence-electron chi connectivity index (χ1n) is 12.7. The van der Waals surface area contributed by atoms with E-state index in [1.807, 2.05) is 19.2 Å². The van der Waals surface area contributed by atoms with Crippen LogP contribution in [0.3, 0.4) is 0 Å². The van der Waals surface area contributed by atoms with Crippen molar-refractivity contribution in [2.24, 2.45) is 17.8 Å². The summed E-state index contributed by atoms with van der Waals surface area (Å²) in [5.74, 6) is 3.65. The van der Waals surface area contributed by atoms with Crippen molar-refractivity contribution in [2.75, 3.05) is 13.7 Å². The summed E-state index contributed by atoms with van der Waals surface area (Å²) < 4.78 is 11.2. The summed E-state index contributed by atoms with van der Waals surface area (Å²) in [6, 6.07) is 15.1. The van der Waals surface area contributed by atoms with Crippen molar-refractivity contribution in [1.82, 2.24) is 0 Å². The van der Waals surface area contributed by atoms with Gasteiger partial charge < -0.3 is 9.47 Å². The summed E-state index contributed by atoms with van der Waals surface area (Å²) >= 11 is 1.78. The zero-order chi connectivity index (χ0) is 22.8. The second-order valence-electron chi connectivity index (χ2n) is 10.6. The van der Waals surface area contributed by atoms with Crippen molar-refractivity contribution in [2.45, 2.75) is 79.9 Å². The number of hydrogen-bond acceptors (Lipinski definition) is 4. The molecule has 4 bridgehead atoms. The summed E-state index contributed by atoms with van der Waals surface area (Å²) in [4.78, 5) is 14.6. The number of carbonyl (C=O) groups excluding carboxylic acids is 1. The quantitative estimate of drug-likeness (QED) is 0.290. The SMILES string of the molecule is CCCCOC(=O)Cc1cccc(Sc2ccc(OC)c(C34CC5CC(CC(C5)C3)C4)c2)c1. The largest absolute Gasteiger partial charge is 0.496 e. The van der Waals surface area contributed by atoms with Crippen LogP contribution in [0.5, 0.6) is 5.75 Å². The number of esters is 1. The highest BCUT2D eigenvalue weighted by Crippen LogP contribution is 2.62. The lowest BCUT2D eigenvalue weighted by Crippen LogP contribution is -2.48. The molecule has 0 heterocycles. The molecule has 4 fully saturated rings. The summed E-state index contributed by atoms with van der Waals surface area (Å²) in [5.41, 5.74) is 2.75. The first-order chi connectivity index (χ1) is 16.1. The van der Waals surface area contributed by atoms with Crippen LogP contribution in [-0.2, 0) is 21.4 Å². The molecular formula is C29H36O3S. The highest BCUT2D eigenvalue weighted by atomic mass is 32.2. The first-order valence-corrected chi connectivity index (χ1v) is 13.5. The predicted molar refractivity (Wildman–Crippen MR) is 133 cm³/mol. The van der Waals surface area contributed by atoms with Gasteiger partial charge in [-0.05, 0) is 104 Å². The zero-order valence-electron chi connectivity index (χ0n) is 20.0. The highest BCUT2D eigenvalue weighted by Gasteiger charge is 2.52. The maximum atomic E-state index is 12.1. The predicted octanol–water partition coefficient (Wildman–Crippen LogP) is 7.20. The van der Waals surface area contributed by atoms with Crippen LogP contribution < -0.4 is 4.74 Å². The molecule has 2 aromatic rings. The van der Waals surface area contributed by atoms with Gasteiger partial charge in [0.05, 0.1) is 20.1 Å². The lowest BCUT2D eigenvalue weighted by Gasteiger charge is -2.57. The Balaban J connectivity index is 1.34. The van der Waals surface area contributed by atoms with Crippen LogP contribution in [0.25, 0.3) is 0 Å². The average molecular weight is 465 g/mol. The Morgan fingerprint density at radius 2 is 1.70 bits per heavy atom. The van der Waals surface area contributed by atoms with Gasteiger partial charge in [0.15, 0.2) is 0 Å². The monoisotopic (exact) mass is 464 g/mol. The molecule has 3 nitrogen and oxygen atoms in total. The fourth-order valence-electron chi connectivity index (χ4n) is 7.01. The van der Waals surface area contributed by atoms with Crippen LogP contribution in [-0.4, -0.2) is 19.7 Å². The van der Waals surface area contributed by atoms with Crippen LogP contribution in [0.2, 0.25) is 0 Å². The lowest BCUT2D eigenvalue weighted by atomic mass is 9.48. The van der Waals surface area contributed by atoms with E-state index in [9.17, 15) is 4.79 Å². The normalized spacial score (nSPS) is 27.5. The smallest absolute Gasteiger partial charge is 0.310 e. The van der Waals surface area contributed by atoms with E-state index in [0.29, 0.717) is 18.4 Å². The molecular weight excluding hydrogens is 428 g/mol. The third-order valence-electron chi connectivity index (χ3n) is 8.02. The van der Waals surface area contributed by atoms with Gasteiger partial charge in [0.1, 0.15) is 5.75 Å². The van der Waals surface area contributed by atoms with E-state index in [1.54, 1.807) is 11.8 Å². The molecule has 0 unspecified atom stereocenters. The fourth-order valence-corrected chi connectivity index (χ4v) is 7.95. The van der Waals surface area contributed by atoms with Gasteiger partial charge in [0, 0.05) is 15.4 Å². The standard InChI is InChI=1S/C29H36O3S/c1-3-4-10-32-28(30)15-20-6-5-7-24(14-20)33-25-8-9-27(31-2)26(16-25)29-17-21-11-22(18-29)13-23(12-21)19-29/h5-9,14,16,21-23H,3-4,10-13,15,17-19H2,1-2H3. The number of ether oxygens (including phenoxy) is 2. The number of carbonyl (C=O) groups is 1. The lowest BCUT2D eigenvalue weighted by molar-refractivity contribution is -0.142. The molecule has 4 heteroatoms. The fraction of sp³-hybridized carbons (Fsp3) is 0.552. The van der Waals surface area contributed by atoms with Crippen LogP contribution in [0.15, 0.2) is 52.3 Å². The number of hydrogen-bond donors (Lipinski definition) is 0. The second kappa shape index (κ2) is 9.74. The third kappa shape index (κ3) is 4.96. The zero-order valence-corrected chi connectivity index (χ0v) is 20.8. The number of unbranched alkanes of at least 4 members (excludes halogenated alkanes) is 1. The van der Waals surface area contributed by atoms with E-state index < -0.39 is 0 Å². The summed E-state index contributed by atoms with van der Waals surface area (Å²) in [5, 5.41) is 0. The molecule has 0 radical (unpaired) electrons. The molecule has 0 spiro atoms. The summed E-state index contributed by atoms with van der Waals surface area (Å²) in [6.07, 6.45) is 10.6. The van der Waals surface area contributed by atoms with Gasteiger partial charge in [-0.2, -0.15) is 0 Å². The van der Waals surface area contributed by atoms with Crippen molar-refractivity contribution in [3.63, 3.8) is 0 Å². The minimum atomic E-state index is -0.140. The number of rotatable bonds is 9. The Labute approximate surface area is 202 Å². The van der Waals surface area contributed by atoms with Gasteiger partial charge in [0.2, 0.25) is 0 Å². The van der Waals surface area contributed by atoms with E-state index in [-0.39, 0.29) is 5.97 Å². The van der Waals surface area contributed by atoms with Gasteiger partial charge in [0.25, 0.3) is 0 Å². The minimum Gasteiger partial charge on any atom is -0.496 e. The molecule has 0 aromatic heterocycles. The van der Waals surface area contributed by atoms with E-state index in [4.69, 9.17) is 9.47 Å².